The van der Waals surface area contributed by atoms with Gasteiger partial charge in [-0.05, 0) is 19.3 Å². The van der Waals surface area contributed by atoms with E-state index in [-0.39, 0.29) is 0 Å². The summed E-state index contributed by atoms with van der Waals surface area (Å²) in [7, 11) is 0. The van der Waals surface area contributed by atoms with E-state index in [1.807, 2.05) is 0 Å². The SMILES string of the molecule is CC(C)C[C@H]1COC[C@@H](C)N1. The van der Waals surface area contributed by atoms with Crippen molar-refractivity contribution in [3.8, 4) is 0 Å². The summed E-state index contributed by atoms with van der Waals surface area (Å²) in [5.74, 6) is 0.765. The lowest BCUT2D eigenvalue weighted by atomic mass is 10.0. The summed E-state index contributed by atoms with van der Waals surface area (Å²) in [5.41, 5.74) is 0. The third kappa shape index (κ3) is 3.21. The van der Waals surface area contributed by atoms with Crippen molar-refractivity contribution in [3.05, 3.63) is 0 Å². The Morgan fingerprint density at radius 2 is 2.18 bits per heavy atom. The molecule has 11 heavy (non-hydrogen) atoms. The van der Waals surface area contributed by atoms with E-state index in [0.29, 0.717) is 12.1 Å². The van der Waals surface area contributed by atoms with Gasteiger partial charge >= 0.3 is 0 Å². The van der Waals surface area contributed by atoms with Crippen LogP contribution in [0.1, 0.15) is 27.2 Å². The molecule has 0 aromatic carbocycles. The summed E-state index contributed by atoms with van der Waals surface area (Å²) < 4.78 is 5.43. The fraction of sp³-hybridized carbons (Fsp3) is 1.00. The highest BCUT2D eigenvalue weighted by Gasteiger charge is 2.18. The summed E-state index contributed by atoms with van der Waals surface area (Å²) in [6.45, 7) is 8.44. The molecule has 0 bridgehead atoms. The van der Waals surface area contributed by atoms with E-state index in [0.717, 1.165) is 19.1 Å². The fourth-order valence-electron chi connectivity index (χ4n) is 1.59. The van der Waals surface area contributed by atoms with Crippen LogP contribution in [0.25, 0.3) is 0 Å². The van der Waals surface area contributed by atoms with Gasteiger partial charge in [0, 0.05) is 12.1 Å². The van der Waals surface area contributed by atoms with E-state index in [9.17, 15) is 0 Å². The molecule has 1 aliphatic rings. The standard InChI is InChI=1S/C9H19NO/c1-7(2)4-9-6-11-5-8(3)10-9/h7-10H,4-6H2,1-3H3/t8-,9+/m1/s1. The molecule has 1 heterocycles. The largest absolute Gasteiger partial charge is 0.378 e. The number of ether oxygens (including phenoxy) is 1. The number of hydrogen-bond acceptors (Lipinski definition) is 2. The summed E-state index contributed by atoms with van der Waals surface area (Å²) in [4.78, 5) is 0. The number of morpholine rings is 1. The first-order valence-corrected chi connectivity index (χ1v) is 4.52. The number of rotatable bonds is 2. The second-order valence-corrected chi connectivity index (χ2v) is 3.93. The van der Waals surface area contributed by atoms with Gasteiger partial charge in [0.1, 0.15) is 0 Å². The highest BCUT2D eigenvalue weighted by atomic mass is 16.5. The van der Waals surface area contributed by atoms with Crippen LogP contribution in [0.4, 0.5) is 0 Å². The van der Waals surface area contributed by atoms with Crippen molar-refractivity contribution in [2.45, 2.75) is 39.3 Å². The molecule has 0 radical (unpaired) electrons. The van der Waals surface area contributed by atoms with Crippen LogP contribution in [0.2, 0.25) is 0 Å². The van der Waals surface area contributed by atoms with Gasteiger partial charge in [-0.25, -0.2) is 0 Å². The first-order chi connectivity index (χ1) is 5.18. The molecule has 1 aliphatic heterocycles. The van der Waals surface area contributed by atoms with E-state index >= 15 is 0 Å². The predicted octanol–water partition coefficient (Wildman–Crippen LogP) is 1.41. The van der Waals surface area contributed by atoms with Crippen molar-refractivity contribution in [1.29, 1.82) is 0 Å². The maximum Gasteiger partial charge on any atom is 0.0620 e. The first kappa shape index (κ1) is 9.01. The lowest BCUT2D eigenvalue weighted by Crippen LogP contribution is -2.47. The van der Waals surface area contributed by atoms with Gasteiger partial charge in [0.25, 0.3) is 0 Å². The second-order valence-electron chi connectivity index (χ2n) is 3.93. The van der Waals surface area contributed by atoms with Crippen molar-refractivity contribution in [3.63, 3.8) is 0 Å². The Morgan fingerprint density at radius 3 is 2.73 bits per heavy atom. The Hall–Kier alpha value is -0.0800. The average molecular weight is 157 g/mol. The molecule has 1 N–H and O–H groups in total. The van der Waals surface area contributed by atoms with E-state index < -0.39 is 0 Å². The Morgan fingerprint density at radius 1 is 1.45 bits per heavy atom. The van der Waals surface area contributed by atoms with Crippen LogP contribution in [0, 0.1) is 5.92 Å². The molecule has 0 aromatic heterocycles. The molecule has 0 unspecified atom stereocenters. The zero-order chi connectivity index (χ0) is 8.27. The van der Waals surface area contributed by atoms with Crippen LogP contribution in [-0.4, -0.2) is 25.3 Å². The normalized spacial score (nSPS) is 32.7. The molecule has 1 fully saturated rings. The Balaban J connectivity index is 2.23. The highest BCUT2D eigenvalue weighted by Crippen LogP contribution is 2.09. The van der Waals surface area contributed by atoms with E-state index in [1.165, 1.54) is 6.42 Å². The molecule has 0 aliphatic carbocycles. The van der Waals surface area contributed by atoms with Crippen LogP contribution in [0.3, 0.4) is 0 Å². The second kappa shape index (κ2) is 4.07. The van der Waals surface area contributed by atoms with Gasteiger partial charge in [-0.3, -0.25) is 0 Å². The van der Waals surface area contributed by atoms with Crippen LogP contribution in [0.15, 0.2) is 0 Å². The minimum absolute atomic E-state index is 0.535. The van der Waals surface area contributed by atoms with Gasteiger partial charge in [0.15, 0.2) is 0 Å². The maximum absolute atomic E-state index is 5.43. The monoisotopic (exact) mass is 157 g/mol. The van der Waals surface area contributed by atoms with Gasteiger partial charge in [-0.2, -0.15) is 0 Å². The zero-order valence-corrected chi connectivity index (χ0v) is 7.76. The Labute approximate surface area is 69.3 Å². The summed E-state index contributed by atoms with van der Waals surface area (Å²) >= 11 is 0. The summed E-state index contributed by atoms with van der Waals surface area (Å²) in [6, 6.07) is 1.12. The Bertz CT molecular complexity index is 112. The van der Waals surface area contributed by atoms with Gasteiger partial charge in [0.05, 0.1) is 13.2 Å². The van der Waals surface area contributed by atoms with Crippen LogP contribution < -0.4 is 5.32 Å². The molecular weight excluding hydrogens is 138 g/mol. The van der Waals surface area contributed by atoms with Gasteiger partial charge < -0.3 is 10.1 Å². The Kier molecular flexibility index (Phi) is 3.34. The number of hydrogen-bond donors (Lipinski definition) is 1. The molecule has 2 heteroatoms. The minimum Gasteiger partial charge on any atom is -0.378 e. The van der Waals surface area contributed by atoms with Crippen molar-refractivity contribution >= 4 is 0 Å². The molecule has 2 nitrogen and oxygen atoms in total. The van der Waals surface area contributed by atoms with Gasteiger partial charge in [-0.1, -0.05) is 13.8 Å². The summed E-state index contributed by atoms with van der Waals surface area (Å²) in [6.07, 6.45) is 1.23. The van der Waals surface area contributed by atoms with Crippen molar-refractivity contribution in [2.24, 2.45) is 5.92 Å². The van der Waals surface area contributed by atoms with Gasteiger partial charge in [-0.15, -0.1) is 0 Å². The molecule has 0 spiro atoms. The molecule has 0 saturated carbocycles. The predicted molar refractivity (Wildman–Crippen MR) is 46.7 cm³/mol. The lowest BCUT2D eigenvalue weighted by Gasteiger charge is -2.29. The van der Waals surface area contributed by atoms with Crippen molar-refractivity contribution < 1.29 is 4.74 Å². The quantitative estimate of drug-likeness (QED) is 0.654. The van der Waals surface area contributed by atoms with Crippen LogP contribution in [-0.2, 0) is 4.74 Å². The first-order valence-electron chi connectivity index (χ1n) is 4.52. The molecule has 0 aromatic rings. The van der Waals surface area contributed by atoms with Gasteiger partial charge in [0.2, 0.25) is 0 Å². The maximum atomic E-state index is 5.43. The third-order valence-corrected chi connectivity index (χ3v) is 1.96. The highest BCUT2D eigenvalue weighted by molar-refractivity contribution is 4.76. The molecule has 1 rings (SSSR count). The minimum atomic E-state index is 0.535. The zero-order valence-electron chi connectivity index (χ0n) is 7.76. The van der Waals surface area contributed by atoms with Crippen molar-refractivity contribution in [2.75, 3.05) is 13.2 Å². The van der Waals surface area contributed by atoms with Crippen LogP contribution >= 0.6 is 0 Å². The van der Waals surface area contributed by atoms with E-state index in [4.69, 9.17) is 4.74 Å². The third-order valence-electron chi connectivity index (χ3n) is 1.96. The molecule has 0 amide bonds. The fourth-order valence-corrected chi connectivity index (χ4v) is 1.59. The molecule has 1 saturated heterocycles. The molecular formula is C9H19NO. The van der Waals surface area contributed by atoms with E-state index in [1.54, 1.807) is 0 Å². The molecule has 66 valence electrons. The number of nitrogens with one attached hydrogen (secondary N) is 1. The van der Waals surface area contributed by atoms with E-state index in [2.05, 4.69) is 26.1 Å². The van der Waals surface area contributed by atoms with Crippen molar-refractivity contribution in [1.82, 2.24) is 5.32 Å². The lowest BCUT2D eigenvalue weighted by molar-refractivity contribution is 0.0446. The van der Waals surface area contributed by atoms with Crippen LogP contribution in [0.5, 0.6) is 0 Å². The summed E-state index contributed by atoms with van der Waals surface area (Å²) in [5, 5.41) is 3.52. The average Bonchev–Trinajstić information content (AvgIpc) is 1.85. The smallest absolute Gasteiger partial charge is 0.0620 e. The molecule has 2 atom stereocenters. The topological polar surface area (TPSA) is 21.3 Å².